The van der Waals surface area contributed by atoms with E-state index in [0.717, 1.165) is 19.3 Å². The van der Waals surface area contributed by atoms with Crippen molar-refractivity contribution in [3.05, 3.63) is 36.3 Å². The highest BCUT2D eigenvalue weighted by Gasteiger charge is 2.38. The van der Waals surface area contributed by atoms with E-state index in [4.69, 9.17) is 4.42 Å². The number of fused-ring (bicyclic) bond motifs is 2. The lowest BCUT2D eigenvalue weighted by atomic mass is 10.1. The van der Waals surface area contributed by atoms with E-state index in [2.05, 4.69) is 12.2 Å². The van der Waals surface area contributed by atoms with E-state index in [1.807, 2.05) is 4.90 Å². The number of furan rings is 1. The summed E-state index contributed by atoms with van der Waals surface area (Å²) >= 11 is 0. The van der Waals surface area contributed by atoms with Crippen molar-refractivity contribution in [3.63, 3.8) is 0 Å². The minimum Gasteiger partial charge on any atom is -0.459 e. The van der Waals surface area contributed by atoms with Crippen molar-refractivity contribution in [2.24, 2.45) is 0 Å². The average Bonchev–Trinajstić information content (AvgIpc) is 2.85. The fraction of sp³-hybridized carbons (Fsp3) is 0.417. The van der Waals surface area contributed by atoms with Crippen LogP contribution in [0.1, 0.15) is 29.8 Å². The molecule has 15 heavy (non-hydrogen) atoms. The zero-order valence-electron chi connectivity index (χ0n) is 8.43. The standard InChI is InChI=1S/C12H13NO2/c14-12(11-5-2-8-15-11)13-9-3-1-4-10(13)7-6-9/h1-3,5,8-10H,4,6-7H2/t9-,10-/m0/s1. The molecule has 0 unspecified atom stereocenters. The predicted molar refractivity (Wildman–Crippen MR) is 55.4 cm³/mol. The highest BCUT2D eigenvalue weighted by molar-refractivity contribution is 5.92. The Bertz CT molecular complexity index is 394. The molecule has 2 atom stereocenters. The molecule has 1 saturated heterocycles. The van der Waals surface area contributed by atoms with Gasteiger partial charge in [0.1, 0.15) is 0 Å². The number of amides is 1. The normalized spacial score (nSPS) is 28.4. The Labute approximate surface area is 88.4 Å². The van der Waals surface area contributed by atoms with Gasteiger partial charge in [-0.05, 0) is 31.4 Å². The fourth-order valence-corrected chi connectivity index (χ4v) is 2.57. The van der Waals surface area contributed by atoms with Gasteiger partial charge in [0.25, 0.3) is 5.91 Å². The smallest absolute Gasteiger partial charge is 0.290 e. The lowest BCUT2D eigenvalue weighted by Gasteiger charge is -2.30. The third-order valence-corrected chi connectivity index (χ3v) is 3.28. The quantitative estimate of drug-likeness (QED) is 0.656. The predicted octanol–water partition coefficient (Wildman–Crippen LogP) is 2.21. The van der Waals surface area contributed by atoms with E-state index < -0.39 is 0 Å². The van der Waals surface area contributed by atoms with Crippen molar-refractivity contribution in [2.45, 2.75) is 31.3 Å². The van der Waals surface area contributed by atoms with Gasteiger partial charge in [0.15, 0.2) is 5.76 Å². The molecular formula is C12H13NO2. The number of hydrogen-bond donors (Lipinski definition) is 0. The summed E-state index contributed by atoms with van der Waals surface area (Å²) in [4.78, 5) is 14.1. The number of carbonyl (C=O) groups excluding carboxylic acids is 1. The van der Waals surface area contributed by atoms with E-state index >= 15 is 0 Å². The van der Waals surface area contributed by atoms with Crippen LogP contribution < -0.4 is 0 Å². The van der Waals surface area contributed by atoms with Crippen LogP contribution in [0.15, 0.2) is 35.0 Å². The first-order valence-electron chi connectivity index (χ1n) is 5.39. The van der Waals surface area contributed by atoms with Crippen LogP contribution >= 0.6 is 0 Å². The third kappa shape index (κ3) is 1.30. The zero-order valence-corrected chi connectivity index (χ0v) is 8.43. The topological polar surface area (TPSA) is 33.5 Å². The van der Waals surface area contributed by atoms with Crippen molar-refractivity contribution >= 4 is 5.91 Å². The van der Waals surface area contributed by atoms with Crippen LogP contribution in [0.5, 0.6) is 0 Å². The van der Waals surface area contributed by atoms with Gasteiger partial charge in [-0.1, -0.05) is 12.2 Å². The summed E-state index contributed by atoms with van der Waals surface area (Å²) < 4.78 is 5.16. The lowest BCUT2D eigenvalue weighted by Crippen LogP contribution is -2.41. The van der Waals surface area contributed by atoms with E-state index in [0.29, 0.717) is 17.8 Å². The Morgan fingerprint density at radius 1 is 1.47 bits per heavy atom. The maximum absolute atomic E-state index is 12.1. The molecule has 3 rings (SSSR count). The van der Waals surface area contributed by atoms with Crippen LogP contribution in [0.4, 0.5) is 0 Å². The molecule has 2 aliphatic heterocycles. The van der Waals surface area contributed by atoms with E-state index in [1.165, 1.54) is 0 Å². The third-order valence-electron chi connectivity index (χ3n) is 3.28. The Morgan fingerprint density at radius 3 is 3.13 bits per heavy atom. The highest BCUT2D eigenvalue weighted by Crippen LogP contribution is 2.32. The van der Waals surface area contributed by atoms with Gasteiger partial charge in [-0.2, -0.15) is 0 Å². The molecule has 1 aromatic heterocycles. The summed E-state index contributed by atoms with van der Waals surface area (Å²) in [5.41, 5.74) is 0. The summed E-state index contributed by atoms with van der Waals surface area (Å²) in [6, 6.07) is 4.17. The molecule has 1 fully saturated rings. The Balaban J connectivity index is 1.89. The first kappa shape index (κ1) is 8.77. The first-order valence-corrected chi connectivity index (χ1v) is 5.39. The van der Waals surface area contributed by atoms with Crippen LogP contribution in [0.25, 0.3) is 0 Å². The Hall–Kier alpha value is -1.51. The largest absolute Gasteiger partial charge is 0.459 e. The molecule has 0 saturated carbocycles. The molecule has 3 nitrogen and oxygen atoms in total. The van der Waals surface area contributed by atoms with Crippen LogP contribution in [-0.2, 0) is 0 Å². The van der Waals surface area contributed by atoms with E-state index in [1.54, 1.807) is 18.4 Å². The van der Waals surface area contributed by atoms with Crippen LogP contribution in [0.2, 0.25) is 0 Å². The van der Waals surface area contributed by atoms with Crippen LogP contribution in [-0.4, -0.2) is 22.9 Å². The van der Waals surface area contributed by atoms with Gasteiger partial charge in [-0.3, -0.25) is 4.79 Å². The summed E-state index contributed by atoms with van der Waals surface area (Å²) in [7, 11) is 0. The number of hydrogen-bond acceptors (Lipinski definition) is 2. The van der Waals surface area contributed by atoms with Crippen LogP contribution in [0.3, 0.4) is 0 Å². The summed E-state index contributed by atoms with van der Waals surface area (Å²) in [5.74, 6) is 0.499. The molecule has 0 N–H and O–H groups in total. The molecule has 3 heteroatoms. The SMILES string of the molecule is O=C(c1ccco1)N1[C@H]2CC=C[C@H]1CC2. The maximum atomic E-state index is 12.1. The van der Waals surface area contributed by atoms with E-state index in [-0.39, 0.29) is 5.91 Å². The van der Waals surface area contributed by atoms with E-state index in [9.17, 15) is 4.79 Å². The monoisotopic (exact) mass is 203 g/mol. The molecule has 0 spiro atoms. The number of rotatable bonds is 1. The maximum Gasteiger partial charge on any atom is 0.290 e. The van der Waals surface area contributed by atoms with Crippen molar-refractivity contribution in [3.8, 4) is 0 Å². The van der Waals surface area contributed by atoms with Gasteiger partial charge >= 0.3 is 0 Å². The molecule has 0 aromatic carbocycles. The second kappa shape index (κ2) is 3.26. The molecule has 3 heterocycles. The number of nitrogens with zero attached hydrogens (tertiary/aromatic N) is 1. The molecule has 2 aliphatic rings. The van der Waals surface area contributed by atoms with Crippen molar-refractivity contribution < 1.29 is 9.21 Å². The summed E-state index contributed by atoms with van der Waals surface area (Å²) in [6.07, 6.45) is 9.08. The van der Waals surface area contributed by atoms with Crippen LogP contribution in [0, 0.1) is 0 Å². The molecule has 1 amide bonds. The molecule has 1 aromatic rings. The molecule has 0 radical (unpaired) electrons. The second-order valence-corrected chi connectivity index (χ2v) is 4.15. The van der Waals surface area contributed by atoms with Gasteiger partial charge in [0.2, 0.25) is 0 Å². The average molecular weight is 203 g/mol. The second-order valence-electron chi connectivity index (χ2n) is 4.15. The Kier molecular flexibility index (Phi) is 1.91. The molecule has 2 bridgehead atoms. The summed E-state index contributed by atoms with van der Waals surface area (Å²) in [5, 5.41) is 0. The van der Waals surface area contributed by atoms with Gasteiger partial charge in [-0.15, -0.1) is 0 Å². The van der Waals surface area contributed by atoms with Crippen molar-refractivity contribution in [2.75, 3.05) is 0 Å². The lowest BCUT2D eigenvalue weighted by molar-refractivity contribution is 0.0656. The molecule has 78 valence electrons. The fourth-order valence-electron chi connectivity index (χ4n) is 2.57. The summed E-state index contributed by atoms with van der Waals surface area (Å²) in [6.45, 7) is 0. The Morgan fingerprint density at radius 2 is 2.40 bits per heavy atom. The number of carbonyl (C=O) groups is 1. The molecule has 0 aliphatic carbocycles. The van der Waals surface area contributed by atoms with Gasteiger partial charge < -0.3 is 9.32 Å². The first-order chi connectivity index (χ1) is 7.36. The molecular weight excluding hydrogens is 190 g/mol. The minimum absolute atomic E-state index is 0.0388. The zero-order chi connectivity index (χ0) is 10.3. The van der Waals surface area contributed by atoms with Crippen molar-refractivity contribution in [1.82, 2.24) is 4.90 Å². The highest BCUT2D eigenvalue weighted by atomic mass is 16.3. The van der Waals surface area contributed by atoms with Gasteiger partial charge in [0.05, 0.1) is 12.3 Å². The van der Waals surface area contributed by atoms with Crippen molar-refractivity contribution in [1.29, 1.82) is 0 Å². The minimum atomic E-state index is 0.0388. The van der Waals surface area contributed by atoms with Gasteiger partial charge in [-0.25, -0.2) is 0 Å². The van der Waals surface area contributed by atoms with Gasteiger partial charge in [0, 0.05) is 6.04 Å².